The highest BCUT2D eigenvalue weighted by Gasteiger charge is 2.24. The van der Waals surface area contributed by atoms with Crippen LogP contribution < -0.4 is 4.90 Å². The van der Waals surface area contributed by atoms with Crippen LogP contribution in [0.5, 0.6) is 0 Å². The molecule has 1 aromatic rings. The molecule has 1 fully saturated rings. The Morgan fingerprint density at radius 1 is 1.47 bits per heavy atom. The first-order valence-electron chi connectivity index (χ1n) is 5.15. The number of halogens is 1. The van der Waals surface area contributed by atoms with Crippen molar-refractivity contribution in [3.8, 4) is 6.07 Å². The van der Waals surface area contributed by atoms with Crippen LogP contribution in [-0.4, -0.2) is 13.1 Å². The lowest BCUT2D eigenvalue weighted by molar-refractivity contribution is 0.401. The second-order valence-electron chi connectivity index (χ2n) is 3.94. The zero-order chi connectivity index (χ0) is 10.8. The summed E-state index contributed by atoms with van der Waals surface area (Å²) in [5.74, 6) is 0. The zero-order valence-electron chi connectivity index (χ0n) is 8.70. The molecular formula is C12H13ClN2. The summed E-state index contributed by atoms with van der Waals surface area (Å²) in [6, 6.07) is 8.37. The summed E-state index contributed by atoms with van der Waals surface area (Å²) in [6.45, 7) is 0. The third kappa shape index (κ3) is 1.80. The minimum absolute atomic E-state index is 0.543. The van der Waals surface area contributed by atoms with Crippen LogP contribution in [0.15, 0.2) is 18.2 Å². The van der Waals surface area contributed by atoms with Crippen LogP contribution >= 0.6 is 11.6 Å². The molecule has 0 unspecified atom stereocenters. The summed E-state index contributed by atoms with van der Waals surface area (Å²) >= 11 is 5.99. The van der Waals surface area contributed by atoms with Crippen molar-refractivity contribution in [1.82, 2.24) is 0 Å². The highest BCUT2D eigenvalue weighted by Crippen LogP contribution is 2.32. The van der Waals surface area contributed by atoms with Gasteiger partial charge in [0.25, 0.3) is 0 Å². The van der Waals surface area contributed by atoms with Crippen LogP contribution in [0.1, 0.15) is 24.8 Å². The summed E-state index contributed by atoms with van der Waals surface area (Å²) in [7, 11) is 2.04. The van der Waals surface area contributed by atoms with Crippen molar-refractivity contribution in [2.24, 2.45) is 0 Å². The average molecular weight is 221 g/mol. The van der Waals surface area contributed by atoms with E-state index in [1.165, 1.54) is 19.3 Å². The van der Waals surface area contributed by atoms with Crippen LogP contribution in [0.4, 0.5) is 5.69 Å². The van der Waals surface area contributed by atoms with E-state index < -0.39 is 0 Å². The van der Waals surface area contributed by atoms with Crippen molar-refractivity contribution in [2.45, 2.75) is 25.3 Å². The molecule has 78 valence electrons. The fraction of sp³-hybridized carbons (Fsp3) is 0.417. The van der Waals surface area contributed by atoms with Crippen LogP contribution in [0.2, 0.25) is 5.02 Å². The zero-order valence-corrected chi connectivity index (χ0v) is 9.46. The summed E-state index contributed by atoms with van der Waals surface area (Å²) in [6.07, 6.45) is 3.72. The van der Waals surface area contributed by atoms with E-state index in [0.29, 0.717) is 16.6 Å². The monoisotopic (exact) mass is 220 g/mol. The molecule has 3 heteroatoms. The summed E-state index contributed by atoms with van der Waals surface area (Å²) in [5, 5.41) is 9.60. The van der Waals surface area contributed by atoms with Gasteiger partial charge in [0.05, 0.1) is 16.3 Å². The Morgan fingerprint density at radius 3 is 2.73 bits per heavy atom. The van der Waals surface area contributed by atoms with Crippen molar-refractivity contribution in [2.75, 3.05) is 11.9 Å². The Balaban J connectivity index is 2.34. The molecule has 1 aromatic carbocycles. The number of nitriles is 1. The van der Waals surface area contributed by atoms with E-state index in [2.05, 4.69) is 11.0 Å². The standard InChI is InChI=1S/C12H13ClN2/c1-15(9-4-2-5-9)12-7-3-6-11(13)10(12)8-14/h3,6-7,9H,2,4-5H2,1H3. The minimum Gasteiger partial charge on any atom is -0.371 e. The molecule has 0 radical (unpaired) electrons. The van der Waals surface area contributed by atoms with Gasteiger partial charge < -0.3 is 4.90 Å². The molecule has 1 saturated carbocycles. The maximum atomic E-state index is 9.06. The molecule has 2 rings (SSSR count). The van der Waals surface area contributed by atoms with Crippen molar-refractivity contribution in [3.63, 3.8) is 0 Å². The molecule has 0 heterocycles. The van der Waals surface area contributed by atoms with E-state index in [4.69, 9.17) is 16.9 Å². The normalized spacial score (nSPS) is 15.5. The molecule has 0 saturated heterocycles. The first-order chi connectivity index (χ1) is 7.24. The number of benzene rings is 1. The van der Waals surface area contributed by atoms with E-state index in [1.807, 2.05) is 19.2 Å². The number of hydrogen-bond donors (Lipinski definition) is 0. The van der Waals surface area contributed by atoms with Gasteiger partial charge in [0, 0.05) is 13.1 Å². The van der Waals surface area contributed by atoms with Gasteiger partial charge in [0.15, 0.2) is 0 Å². The largest absolute Gasteiger partial charge is 0.371 e. The molecule has 0 amide bonds. The molecule has 0 spiro atoms. The number of nitrogens with zero attached hydrogens (tertiary/aromatic N) is 2. The third-order valence-electron chi connectivity index (χ3n) is 3.11. The fourth-order valence-electron chi connectivity index (χ4n) is 1.89. The minimum atomic E-state index is 0.543. The van der Waals surface area contributed by atoms with Gasteiger partial charge in [-0.2, -0.15) is 5.26 Å². The van der Waals surface area contributed by atoms with E-state index >= 15 is 0 Å². The van der Waals surface area contributed by atoms with Gasteiger partial charge in [0.1, 0.15) is 6.07 Å². The van der Waals surface area contributed by atoms with Crippen LogP contribution in [0, 0.1) is 11.3 Å². The number of anilines is 1. The first-order valence-corrected chi connectivity index (χ1v) is 5.53. The van der Waals surface area contributed by atoms with Gasteiger partial charge in [0.2, 0.25) is 0 Å². The Kier molecular flexibility index (Phi) is 2.83. The lowest BCUT2D eigenvalue weighted by Gasteiger charge is -2.36. The first kappa shape index (κ1) is 10.3. The second-order valence-corrected chi connectivity index (χ2v) is 4.35. The lowest BCUT2D eigenvalue weighted by Crippen LogP contribution is -2.37. The lowest BCUT2D eigenvalue weighted by atomic mass is 9.91. The molecular weight excluding hydrogens is 208 g/mol. The van der Waals surface area contributed by atoms with Crippen molar-refractivity contribution < 1.29 is 0 Å². The van der Waals surface area contributed by atoms with Crippen LogP contribution in [0.3, 0.4) is 0 Å². The van der Waals surface area contributed by atoms with E-state index in [-0.39, 0.29) is 0 Å². The van der Waals surface area contributed by atoms with Gasteiger partial charge in [-0.1, -0.05) is 17.7 Å². The third-order valence-corrected chi connectivity index (χ3v) is 3.42. The molecule has 2 nitrogen and oxygen atoms in total. The fourth-order valence-corrected chi connectivity index (χ4v) is 2.10. The summed E-state index contributed by atoms with van der Waals surface area (Å²) < 4.78 is 0. The van der Waals surface area contributed by atoms with E-state index in [1.54, 1.807) is 6.07 Å². The predicted molar refractivity (Wildman–Crippen MR) is 62.2 cm³/mol. The molecule has 0 aromatic heterocycles. The van der Waals surface area contributed by atoms with Gasteiger partial charge in [-0.05, 0) is 31.4 Å². The van der Waals surface area contributed by atoms with E-state index in [0.717, 1.165) is 5.69 Å². The van der Waals surface area contributed by atoms with Gasteiger partial charge in [-0.25, -0.2) is 0 Å². The van der Waals surface area contributed by atoms with Gasteiger partial charge in [-0.15, -0.1) is 0 Å². The molecule has 0 atom stereocenters. The molecule has 0 bridgehead atoms. The smallest absolute Gasteiger partial charge is 0.103 e. The number of rotatable bonds is 2. The Morgan fingerprint density at radius 2 is 2.20 bits per heavy atom. The predicted octanol–water partition coefficient (Wildman–Crippen LogP) is 3.20. The molecule has 0 N–H and O–H groups in total. The van der Waals surface area contributed by atoms with Gasteiger partial charge in [-0.3, -0.25) is 0 Å². The molecule has 15 heavy (non-hydrogen) atoms. The summed E-state index contributed by atoms with van der Waals surface area (Å²) in [5.41, 5.74) is 1.54. The quantitative estimate of drug-likeness (QED) is 0.766. The van der Waals surface area contributed by atoms with E-state index in [9.17, 15) is 0 Å². The van der Waals surface area contributed by atoms with Crippen LogP contribution in [0.25, 0.3) is 0 Å². The highest BCUT2D eigenvalue weighted by molar-refractivity contribution is 6.32. The van der Waals surface area contributed by atoms with Crippen LogP contribution in [-0.2, 0) is 0 Å². The number of hydrogen-bond acceptors (Lipinski definition) is 2. The molecule has 1 aliphatic rings. The van der Waals surface area contributed by atoms with Gasteiger partial charge >= 0.3 is 0 Å². The topological polar surface area (TPSA) is 27.0 Å². The Hall–Kier alpha value is -1.20. The second kappa shape index (κ2) is 4.12. The summed E-state index contributed by atoms with van der Waals surface area (Å²) in [4.78, 5) is 2.17. The van der Waals surface area contributed by atoms with Crippen molar-refractivity contribution in [3.05, 3.63) is 28.8 Å². The van der Waals surface area contributed by atoms with Crippen molar-refractivity contribution in [1.29, 1.82) is 5.26 Å². The average Bonchev–Trinajstić information content (AvgIpc) is 2.14. The maximum absolute atomic E-state index is 9.06. The maximum Gasteiger partial charge on any atom is 0.103 e. The highest BCUT2D eigenvalue weighted by atomic mass is 35.5. The Labute approximate surface area is 95.1 Å². The van der Waals surface area contributed by atoms with Crippen molar-refractivity contribution >= 4 is 17.3 Å². The SMILES string of the molecule is CN(c1cccc(Cl)c1C#N)C1CCC1. The molecule has 0 aliphatic heterocycles. The molecule has 1 aliphatic carbocycles. The Bertz CT molecular complexity index is 405.